The van der Waals surface area contributed by atoms with Crippen molar-refractivity contribution in [2.45, 2.75) is 32.7 Å². The van der Waals surface area contributed by atoms with E-state index in [0.29, 0.717) is 12.0 Å². The predicted molar refractivity (Wildman–Crippen MR) is 73.6 cm³/mol. The smallest absolute Gasteiger partial charge is 0.350 e. The van der Waals surface area contributed by atoms with E-state index in [2.05, 4.69) is 17.3 Å². The van der Waals surface area contributed by atoms with Crippen molar-refractivity contribution in [2.24, 2.45) is 5.92 Å². The largest absolute Gasteiger partial charge is 0.462 e. The van der Waals surface area contributed by atoms with Crippen molar-refractivity contribution in [3.05, 3.63) is 24.0 Å². The molecule has 0 saturated heterocycles. The van der Waals surface area contributed by atoms with Gasteiger partial charge in [0, 0.05) is 12.3 Å². The fourth-order valence-corrected chi connectivity index (χ4v) is 2.02. The van der Waals surface area contributed by atoms with Crippen LogP contribution in [0.1, 0.15) is 32.7 Å². The fraction of sp³-hybridized carbons (Fsp3) is 0.500. The number of carbonyl (C=O) groups excluding carboxylic acids is 1. The number of carbonyl (C=O) groups is 1. The zero-order valence-corrected chi connectivity index (χ0v) is 11.7. The van der Waals surface area contributed by atoms with Crippen molar-refractivity contribution in [3.63, 3.8) is 0 Å². The molecule has 1 aliphatic carbocycles. The third kappa shape index (κ3) is 3.18. The van der Waals surface area contributed by atoms with E-state index in [1.807, 2.05) is 16.8 Å². The topological polar surface area (TPSA) is 79.9 Å². The standard InChI is InChI=1S/C14H18N4O2/c1-3-20-14(19)12(8-15)9-16-13-6-7-17-18(13)10(2)11-4-5-11/h6-7,9-11,16H,3-5H2,1-2H3/b12-9+/t10-/m0/s1. The molecule has 1 N–H and O–H groups in total. The van der Waals surface area contributed by atoms with E-state index in [1.54, 1.807) is 13.1 Å². The van der Waals surface area contributed by atoms with Crippen LogP contribution in [0.5, 0.6) is 0 Å². The molecule has 1 aromatic rings. The summed E-state index contributed by atoms with van der Waals surface area (Å²) in [7, 11) is 0. The van der Waals surface area contributed by atoms with Crippen LogP contribution in [0.3, 0.4) is 0 Å². The van der Waals surface area contributed by atoms with Gasteiger partial charge in [-0.25, -0.2) is 9.48 Å². The quantitative estimate of drug-likeness (QED) is 0.489. The highest BCUT2D eigenvalue weighted by atomic mass is 16.5. The van der Waals surface area contributed by atoms with Crippen molar-refractivity contribution in [3.8, 4) is 6.07 Å². The van der Waals surface area contributed by atoms with Gasteiger partial charge in [-0.05, 0) is 32.6 Å². The van der Waals surface area contributed by atoms with Crippen LogP contribution in [-0.2, 0) is 9.53 Å². The molecule has 0 spiro atoms. The van der Waals surface area contributed by atoms with Gasteiger partial charge in [-0.3, -0.25) is 0 Å². The monoisotopic (exact) mass is 274 g/mol. The summed E-state index contributed by atoms with van der Waals surface area (Å²) in [5, 5.41) is 16.2. The molecule has 0 bridgehead atoms. The lowest BCUT2D eigenvalue weighted by Gasteiger charge is -2.14. The number of hydrogen-bond acceptors (Lipinski definition) is 5. The average molecular weight is 274 g/mol. The Morgan fingerprint density at radius 3 is 3.10 bits per heavy atom. The molecule has 1 aromatic heterocycles. The maximum Gasteiger partial charge on any atom is 0.350 e. The normalized spacial score (nSPS) is 16.4. The van der Waals surface area contributed by atoms with Gasteiger partial charge in [-0.2, -0.15) is 10.4 Å². The van der Waals surface area contributed by atoms with E-state index < -0.39 is 5.97 Å². The number of hydrogen-bond donors (Lipinski definition) is 1. The van der Waals surface area contributed by atoms with Crippen molar-refractivity contribution < 1.29 is 9.53 Å². The van der Waals surface area contributed by atoms with E-state index in [-0.39, 0.29) is 12.2 Å². The zero-order valence-electron chi connectivity index (χ0n) is 11.7. The SMILES string of the molecule is CCOC(=O)/C(C#N)=C/Nc1ccnn1[C@@H](C)C1CC1. The zero-order chi connectivity index (χ0) is 14.5. The number of aromatic nitrogens is 2. The van der Waals surface area contributed by atoms with Gasteiger partial charge < -0.3 is 10.1 Å². The van der Waals surface area contributed by atoms with Crippen LogP contribution in [-0.4, -0.2) is 22.4 Å². The molecule has 0 amide bonds. The van der Waals surface area contributed by atoms with E-state index in [0.717, 1.165) is 5.82 Å². The van der Waals surface area contributed by atoms with Gasteiger partial charge in [0.1, 0.15) is 11.9 Å². The molecule has 1 heterocycles. The molecule has 0 aromatic carbocycles. The van der Waals surface area contributed by atoms with Gasteiger partial charge in [0.15, 0.2) is 5.57 Å². The summed E-state index contributed by atoms with van der Waals surface area (Å²) in [5.41, 5.74) is -0.0568. The van der Waals surface area contributed by atoms with Crippen LogP contribution in [0.2, 0.25) is 0 Å². The minimum Gasteiger partial charge on any atom is -0.462 e. The minimum absolute atomic E-state index is 0.0568. The third-order valence-electron chi connectivity index (χ3n) is 3.34. The second kappa shape index (κ2) is 6.24. The maximum atomic E-state index is 11.5. The molecule has 1 saturated carbocycles. The highest BCUT2D eigenvalue weighted by Gasteiger charge is 2.30. The van der Waals surface area contributed by atoms with E-state index in [1.165, 1.54) is 19.0 Å². The number of nitrogens with zero attached hydrogens (tertiary/aromatic N) is 3. The fourth-order valence-electron chi connectivity index (χ4n) is 2.02. The Morgan fingerprint density at radius 1 is 1.75 bits per heavy atom. The summed E-state index contributed by atoms with van der Waals surface area (Å²) in [4.78, 5) is 11.5. The van der Waals surface area contributed by atoms with Crippen LogP contribution in [0.25, 0.3) is 0 Å². The lowest BCUT2D eigenvalue weighted by atomic mass is 10.2. The molecule has 1 fully saturated rings. The van der Waals surface area contributed by atoms with E-state index in [4.69, 9.17) is 10.00 Å². The van der Waals surface area contributed by atoms with Gasteiger partial charge in [0.25, 0.3) is 0 Å². The predicted octanol–water partition coefficient (Wildman–Crippen LogP) is 2.24. The molecule has 0 radical (unpaired) electrons. The summed E-state index contributed by atoms with van der Waals surface area (Å²) in [6.07, 6.45) is 5.52. The first-order valence-corrected chi connectivity index (χ1v) is 6.74. The van der Waals surface area contributed by atoms with Gasteiger partial charge in [-0.15, -0.1) is 0 Å². The summed E-state index contributed by atoms with van der Waals surface area (Å²) >= 11 is 0. The van der Waals surface area contributed by atoms with Crippen LogP contribution >= 0.6 is 0 Å². The van der Waals surface area contributed by atoms with Crippen LogP contribution < -0.4 is 5.32 Å². The average Bonchev–Trinajstić information content (AvgIpc) is 3.18. The Balaban J connectivity index is 2.08. The molecule has 1 atom stereocenters. The molecule has 0 unspecified atom stereocenters. The molecule has 0 aliphatic heterocycles. The summed E-state index contributed by atoms with van der Waals surface area (Å²) in [6, 6.07) is 3.96. The van der Waals surface area contributed by atoms with Gasteiger partial charge in [0.2, 0.25) is 0 Å². The van der Waals surface area contributed by atoms with Crippen molar-refractivity contribution in [2.75, 3.05) is 11.9 Å². The maximum absolute atomic E-state index is 11.5. The second-order valence-corrected chi connectivity index (χ2v) is 4.77. The summed E-state index contributed by atoms with van der Waals surface area (Å²) in [6.45, 7) is 4.07. The number of nitrogens with one attached hydrogen (secondary N) is 1. The molecule has 20 heavy (non-hydrogen) atoms. The molecule has 106 valence electrons. The Bertz CT molecular complexity index is 552. The molecule has 6 nitrogen and oxygen atoms in total. The lowest BCUT2D eigenvalue weighted by Crippen LogP contribution is -2.13. The Labute approximate surface area is 118 Å². The lowest BCUT2D eigenvalue weighted by molar-refractivity contribution is -0.138. The number of anilines is 1. The Kier molecular flexibility index (Phi) is 4.41. The van der Waals surface area contributed by atoms with Crippen molar-refractivity contribution in [1.29, 1.82) is 5.26 Å². The van der Waals surface area contributed by atoms with E-state index in [9.17, 15) is 4.79 Å². The molecular formula is C14H18N4O2. The van der Waals surface area contributed by atoms with Crippen molar-refractivity contribution >= 4 is 11.8 Å². The first-order valence-electron chi connectivity index (χ1n) is 6.74. The highest BCUT2D eigenvalue weighted by molar-refractivity contribution is 5.93. The molecule has 6 heteroatoms. The summed E-state index contributed by atoms with van der Waals surface area (Å²) < 4.78 is 6.68. The first kappa shape index (κ1) is 14.1. The van der Waals surface area contributed by atoms with E-state index >= 15 is 0 Å². The van der Waals surface area contributed by atoms with Gasteiger partial charge in [-0.1, -0.05) is 0 Å². The molecule has 1 aliphatic rings. The number of ether oxygens (including phenoxy) is 1. The van der Waals surface area contributed by atoms with Crippen LogP contribution in [0.4, 0.5) is 5.82 Å². The number of esters is 1. The molecule has 2 rings (SSSR count). The number of rotatable bonds is 6. The van der Waals surface area contributed by atoms with Crippen LogP contribution in [0, 0.1) is 17.2 Å². The van der Waals surface area contributed by atoms with Gasteiger partial charge in [0.05, 0.1) is 18.8 Å². The molecular weight excluding hydrogens is 256 g/mol. The summed E-state index contributed by atoms with van der Waals surface area (Å²) in [5.74, 6) is 0.810. The minimum atomic E-state index is -0.621. The number of nitriles is 1. The second-order valence-electron chi connectivity index (χ2n) is 4.77. The van der Waals surface area contributed by atoms with Crippen LogP contribution in [0.15, 0.2) is 24.0 Å². The highest BCUT2D eigenvalue weighted by Crippen LogP contribution is 2.40. The van der Waals surface area contributed by atoms with Gasteiger partial charge >= 0.3 is 5.97 Å². The first-order chi connectivity index (χ1) is 9.67. The third-order valence-corrected chi connectivity index (χ3v) is 3.34. The Hall–Kier alpha value is -2.29. The Morgan fingerprint density at radius 2 is 2.50 bits per heavy atom. The van der Waals surface area contributed by atoms with Crippen molar-refractivity contribution in [1.82, 2.24) is 9.78 Å².